The monoisotopic (exact) mass is 499 g/mol. The number of piperidine rings is 1. The van der Waals surface area contributed by atoms with Crippen LogP contribution in [0.15, 0.2) is 36.4 Å². The van der Waals surface area contributed by atoms with E-state index in [-0.39, 0.29) is 5.75 Å². The van der Waals surface area contributed by atoms with Crippen LogP contribution in [0.4, 0.5) is 0 Å². The minimum Gasteiger partial charge on any atom is -0.360 e. The van der Waals surface area contributed by atoms with Gasteiger partial charge in [-0.1, -0.05) is 20.4 Å². The number of aromatic amines is 1. The van der Waals surface area contributed by atoms with Gasteiger partial charge >= 0.3 is 0 Å². The fourth-order valence-electron chi connectivity index (χ4n) is 4.83. The lowest BCUT2D eigenvalue weighted by molar-refractivity contribution is 0.321. The number of hydrogen-bond donors (Lipinski definition) is 2. The summed E-state index contributed by atoms with van der Waals surface area (Å²) in [5.41, 5.74) is 7.06. The molecule has 184 valence electrons. The van der Waals surface area contributed by atoms with Crippen molar-refractivity contribution >= 4 is 37.8 Å². The molecule has 0 atom stereocenters. The van der Waals surface area contributed by atoms with Gasteiger partial charge in [0.15, 0.2) is 0 Å². The number of thiophene rings is 1. The molecule has 4 rings (SSSR count). The Bertz CT molecular complexity index is 1260. The summed E-state index contributed by atoms with van der Waals surface area (Å²) in [6.45, 7) is 15.6. The Labute approximate surface area is 208 Å². The molecule has 5 nitrogen and oxygen atoms in total. The third kappa shape index (κ3) is 5.33. The van der Waals surface area contributed by atoms with Crippen LogP contribution < -0.4 is 5.32 Å². The number of hydrogen-bond acceptors (Lipinski definition) is 4. The van der Waals surface area contributed by atoms with Crippen molar-refractivity contribution in [1.29, 1.82) is 0 Å². The van der Waals surface area contributed by atoms with Crippen molar-refractivity contribution in [2.24, 2.45) is 5.92 Å². The molecular weight excluding hydrogens is 462 g/mol. The zero-order valence-corrected chi connectivity index (χ0v) is 22.4. The van der Waals surface area contributed by atoms with Crippen LogP contribution in [-0.2, 0) is 16.6 Å². The second-order valence-corrected chi connectivity index (χ2v) is 13.1. The summed E-state index contributed by atoms with van der Waals surface area (Å²) in [5, 5.41) is 7.02. The average molecular weight is 500 g/mol. The zero-order valence-electron chi connectivity index (χ0n) is 20.8. The van der Waals surface area contributed by atoms with Crippen LogP contribution in [0.2, 0.25) is 0 Å². The first-order chi connectivity index (χ1) is 16.2. The van der Waals surface area contributed by atoms with E-state index in [0.29, 0.717) is 24.9 Å². The highest BCUT2D eigenvalue weighted by Crippen LogP contribution is 2.39. The molecule has 1 saturated heterocycles. The Hall–Kier alpha value is -1.93. The topological polar surface area (TPSA) is 65.2 Å². The third-order valence-electron chi connectivity index (χ3n) is 6.77. The molecule has 0 amide bonds. The molecule has 7 heteroatoms. The van der Waals surface area contributed by atoms with Gasteiger partial charge in [-0.05, 0) is 90.9 Å². The van der Waals surface area contributed by atoms with Crippen LogP contribution in [0.25, 0.3) is 27.6 Å². The highest BCUT2D eigenvalue weighted by Gasteiger charge is 2.29. The molecule has 0 unspecified atom stereocenters. The average Bonchev–Trinajstić information content (AvgIpc) is 3.45. The van der Waals surface area contributed by atoms with Gasteiger partial charge in [-0.3, -0.25) is 0 Å². The van der Waals surface area contributed by atoms with E-state index in [9.17, 15) is 8.42 Å². The standard InChI is InChI=1S/C27H37N3O2S2/c1-6-34(31,32)30-9-7-20(8-10-30)26-16-29-27-24(19(4)5)12-21(13-25(26)27)22-11-23(33-17-22)15-28-14-18(2)3/h11-13,16-18,20,28-29H,4,6-10,14-15H2,1-3,5H3. The van der Waals surface area contributed by atoms with Gasteiger partial charge in [-0.15, -0.1) is 11.3 Å². The smallest absolute Gasteiger partial charge is 0.213 e. The van der Waals surface area contributed by atoms with Gasteiger partial charge < -0.3 is 10.3 Å². The van der Waals surface area contributed by atoms with E-state index in [2.05, 4.69) is 67.4 Å². The first-order valence-corrected chi connectivity index (χ1v) is 14.8. The number of fused-ring (bicyclic) bond motifs is 1. The highest BCUT2D eigenvalue weighted by molar-refractivity contribution is 7.89. The number of allylic oxidation sites excluding steroid dienone is 1. The van der Waals surface area contributed by atoms with E-state index in [4.69, 9.17) is 0 Å². The summed E-state index contributed by atoms with van der Waals surface area (Å²) >= 11 is 1.80. The number of rotatable bonds is 9. The first kappa shape index (κ1) is 25.2. The van der Waals surface area contributed by atoms with Crippen molar-refractivity contribution < 1.29 is 8.42 Å². The Balaban J connectivity index is 1.63. The maximum atomic E-state index is 12.3. The minimum atomic E-state index is -3.12. The lowest BCUT2D eigenvalue weighted by Gasteiger charge is -2.31. The summed E-state index contributed by atoms with van der Waals surface area (Å²) in [5.74, 6) is 1.16. The van der Waals surface area contributed by atoms with Gasteiger partial charge in [0, 0.05) is 41.7 Å². The van der Waals surface area contributed by atoms with Crippen LogP contribution in [0.1, 0.15) is 62.5 Å². The normalized spacial score (nSPS) is 16.0. The molecule has 34 heavy (non-hydrogen) atoms. The van der Waals surface area contributed by atoms with Crippen molar-refractivity contribution in [3.05, 3.63) is 52.4 Å². The maximum Gasteiger partial charge on any atom is 0.213 e. The summed E-state index contributed by atoms with van der Waals surface area (Å²) < 4.78 is 26.2. The van der Waals surface area contributed by atoms with E-state index in [1.807, 2.05) is 0 Å². The van der Waals surface area contributed by atoms with Gasteiger partial charge in [0.05, 0.1) is 11.3 Å². The molecule has 0 bridgehead atoms. The Kier molecular flexibility index (Phi) is 7.67. The number of nitrogens with zero attached hydrogens (tertiary/aromatic N) is 1. The van der Waals surface area contributed by atoms with Crippen LogP contribution in [0.5, 0.6) is 0 Å². The third-order valence-corrected chi connectivity index (χ3v) is 9.59. The summed E-state index contributed by atoms with van der Waals surface area (Å²) in [6, 6.07) is 6.84. The molecule has 0 spiro atoms. The molecule has 3 aromatic rings. The predicted molar refractivity (Wildman–Crippen MR) is 146 cm³/mol. The van der Waals surface area contributed by atoms with E-state index < -0.39 is 10.0 Å². The lowest BCUT2D eigenvalue weighted by Crippen LogP contribution is -2.38. The quantitative estimate of drug-likeness (QED) is 0.368. The number of benzene rings is 1. The Morgan fingerprint density at radius 1 is 1.24 bits per heavy atom. The first-order valence-electron chi connectivity index (χ1n) is 12.3. The molecule has 1 aliphatic heterocycles. The van der Waals surface area contributed by atoms with E-state index in [0.717, 1.165) is 42.6 Å². The largest absolute Gasteiger partial charge is 0.360 e. The molecule has 1 aliphatic rings. The molecule has 2 aromatic heterocycles. The molecule has 0 radical (unpaired) electrons. The molecule has 2 N–H and O–H groups in total. The maximum absolute atomic E-state index is 12.3. The van der Waals surface area contributed by atoms with Crippen molar-refractivity contribution in [3.8, 4) is 11.1 Å². The zero-order chi connectivity index (χ0) is 24.5. The number of H-pyrrole nitrogens is 1. The molecule has 0 saturated carbocycles. The fraction of sp³-hybridized carbons (Fsp3) is 0.481. The summed E-state index contributed by atoms with van der Waals surface area (Å²) in [4.78, 5) is 4.85. The minimum absolute atomic E-state index is 0.172. The SMILES string of the molecule is C=C(C)c1cc(-c2csc(CNCC(C)C)c2)cc2c(C3CCN(S(=O)(=O)CC)CC3)c[nH]c12. The molecule has 3 heterocycles. The molecular formula is C27H37N3O2S2. The second-order valence-electron chi connectivity index (χ2n) is 9.87. The van der Waals surface area contributed by atoms with Crippen LogP contribution in [0.3, 0.4) is 0 Å². The van der Waals surface area contributed by atoms with E-state index in [1.165, 1.54) is 27.0 Å². The lowest BCUT2D eigenvalue weighted by atomic mass is 9.88. The molecule has 0 aliphatic carbocycles. The van der Waals surface area contributed by atoms with E-state index >= 15 is 0 Å². The highest BCUT2D eigenvalue weighted by atomic mass is 32.2. The second kappa shape index (κ2) is 10.4. The van der Waals surface area contributed by atoms with Gasteiger partial charge in [0.2, 0.25) is 10.0 Å². The number of sulfonamides is 1. The van der Waals surface area contributed by atoms with Crippen molar-refractivity contribution in [3.63, 3.8) is 0 Å². The van der Waals surface area contributed by atoms with Gasteiger partial charge in [0.25, 0.3) is 0 Å². The van der Waals surface area contributed by atoms with Gasteiger partial charge in [-0.25, -0.2) is 12.7 Å². The molecule has 1 fully saturated rings. The number of nitrogens with one attached hydrogen (secondary N) is 2. The van der Waals surface area contributed by atoms with Crippen molar-refractivity contribution in [1.82, 2.24) is 14.6 Å². The predicted octanol–water partition coefficient (Wildman–Crippen LogP) is 6.20. The fourth-order valence-corrected chi connectivity index (χ4v) is 6.83. The van der Waals surface area contributed by atoms with Crippen LogP contribution >= 0.6 is 11.3 Å². The number of aromatic nitrogens is 1. The van der Waals surface area contributed by atoms with Crippen molar-refractivity contribution in [2.45, 2.75) is 53.0 Å². The summed E-state index contributed by atoms with van der Waals surface area (Å²) in [6.07, 6.45) is 3.83. The van der Waals surface area contributed by atoms with Gasteiger partial charge in [-0.2, -0.15) is 0 Å². The van der Waals surface area contributed by atoms with Gasteiger partial charge in [0.1, 0.15) is 0 Å². The van der Waals surface area contributed by atoms with Crippen molar-refractivity contribution in [2.75, 3.05) is 25.4 Å². The van der Waals surface area contributed by atoms with Crippen LogP contribution in [0, 0.1) is 5.92 Å². The summed E-state index contributed by atoms with van der Waals surface area (Å²) in [7, 11) is -3.12. The van der Waals surface area contributed by atoms with E-state index in [1.54, 1.807) is 22.6 Å². The Morgan fingerprint density at radius 2 is 1.97 bits per heavy atom. The Morgan fingerprint density at radius 3 is 2.62 bits per heavy atom. The van der Waals surface area contributed by atoms with Crippen LogP contribution in [-0.4, -0.2) is 43.1 Å². The molecule has 1 aromatic carbocycles.